The topological polar surface area (TPSA) is 119 Å². The van der Waals surface area contributed by atoms with Crippen molar-refractivity contribution in [3.05, 3.63) is 64.2 Å². The van der Waals surface area contributed by atoms with Crippen molar-refractivity contribution in [3.8, 4) is 5.75 Å². The third-order valence-corrected chi connectivity index (χ3v) is 5.76. The largest absolute Gasteiger partial charge is 0.495 e. The van der Waals surface area contributed by atoms with Crippen molar-refractivity contribution in [2.24, 2.45) is 0 Å². The van der Waals surface area contributed by atoms with Gasteiger partial charge in [0.25, 0.3) is 5.69 Å². The van der Waals surface area contributed by atoms with Crippen molar-refractivity contribution < 1.29 is 22.9 Å². The normalized spacial score (nSPS) is 13.2. The molecule has 2 aromatic rings. The summed E-state index contributed by atoms with van der Waals surface area (Å²) in [4.78, 5) is 23.6. The van der Waals surface area contributed by atoms with E-state index in [9.17, 15) is 23.3 Å². The molecule has 1 amide bonds. The molecule has 0 saturated heterocycles. The van der Waals surface area contributed by atoms with Gasteiger partial charge in [0.05, 0.1) is 24.3 Å². The number of nitrogens with one attached hydrogen (secondary N) is 1. The summed E-state index contributed by atoms with van der Waals surface area (Å²) in [6, 6.07) is 11.4. The molecular weight excluding hydrogens is 410 g/mol. The molecule has 9 nitrogen and oxygen atoms in total. The molecule has 0 unspecified atom stereocenters. The number of hydrogen-bond acceptors (Lipinski definition) is 6. The Kier molecular flexibility index (Phi) is 7.38. The number of nitro benzene ring substituents is 1. The van der Waals surface area contributed by atoms with Crippen LogP contribution < -0.4 is 14.4 Å². The molecule has 0 aliphatic rings. The molecule has 0 saturated carbocycles. The Hall–Kier alpha value is -3.14. The van der Waals surface area contributed by atoms with E-state index in [2.05, 4.69) is 5.32 Å². The Morgan fingerprint density at radius 1 is 1.23 bits per heavy atom. The maximum absolute atomic E-state index is 13.0. The van der Waals surface area contributed by atoms with Crippen LogP contribution in [0.3, 0.4) is 0 Å². The van der Waals surface area contributed by atoms with E-state index < -0.39 is 26.9 Å². The fourth-order valence-electron chi connectivity index (χ4n) is 3.13. The highest BCUT2D eigenvalue weighted by Gasteiger charge is 2.35. The summed E-state index contributed by atoms with van der Waals surface area (Å²) in [6.07, 6.45) is 1.09. The molecule has 2 atom stereocenters. The number of ether oxygens (including phenoxy) is 1. The minimum atomic E-state index is -3.98. The summed E-state index contributed by atoms with van der Waals surface area (Å²) in [6.45, 7) is 3.46. The quantitative estimate of drug-likeness (QED) is 0.478. The third kappa shape index (κ3) is 5.26. The second kappa shape index (κ2) is 9.57. The Balaban J connectivity index is 2.48. The maximum atomic E-state index is 13.0. The zero-order chi connectivity index (χ0) is 22.5. The van der Waals surface area contributed by atoms with Gasteiger partial charge in [-0.15, -0.1) is 0 Å². The molecule has 2 aromatic carbocycles. The molecule has 10 heteroatoms. The molecule has 0 heterocycles. The van der Waals surface area contributed by atoms with Crippen LogP contribution in [0.15, 0.2) is 48.5 Å². The molecule has 0 aromatic heterocycles. The van der Waals surface area contributed by atoms with Gasteiger partial charge < -0.3 is 10.1 Å². The number of amides is 1. The number of carbonyl (C=O) groups excluding carboxylic acids is 1. The van der Waals surface area contributed by atoms with Gasteiger partial charge in [-0.2, -0.15) is 0 Å². The van der Waals surface area contributed by atoms with Crippen LogP contribution in [0.4, 0.5) is 11.4 Å². The Morgan fingerprint density at radius 2 is 1.87 bits per heavy atom. The first-order chi connectivity index (χ1) is 14.1. The fraction of sp³-hybridized carbons (Fsp3) is 0.350. The second-order valence-electron chi connectivity index (χ2n) is 6.74. The minimum Gasteiger partial charge on any atom is -0.495 e. The van der Waals surface area contributed by atoms with Crippen LogP contribution in [0.2, 0.25) is 0 Å². The third-order valence-electron chi connectivity index (χ3n) is 4.60. The lowest BCUT2D eigenvalue weighted by atomic mass is 10.1. The van der Waals surface area contributed by atoms with Gasteiger partial charge in [0.2, 0.25) is 15.9 Å². The number of hydrogen-bond donors (Lipinski definition) is 1. The number of sulfonamides is 1. The van der Waals surface area contributed by atoms with E-state index in [1.54, 1.807) is 13.8 Å². The lowest BCUT2D eigenvalue weighted by Crippen LogP contribution is -2.49. The van der Waals surface area contributed by atoms with E-state index in [1.165, 1.54) is 19.2 Å². The second-order valence-corrected chi connectivity index (χ2v) is 8.60. The van der Waals surface area contributed by atoms with E-state index in [0.29, 0.717) is 0 Å². The van der Waals surface area contributed by atoms with Crippen LogP contribution in [0, 0.1) is 10.1 Å². The Bertz CT molecular complexity index is 1010. The van der Waals surface area contributed by atoms with Crippen LogP contribution in [0.1, 0.15) is 31.9 Å². The molecule has 0 aliphatic heterocycles. The summed E-state index contributed by atoms with van der Waals surface area (Å²) in [5.41, 5.74) is 0.482. The fourth-order valence-corrected chi connectivity index (χ4v) is 4.34. The number of nitrogens with zero attached hydrogens (tertiary/aromatic N) is 2. The zero-order valence-electron chi connectivity index (χ0n) is 17.2. The molecule has 2 rings (SSSR count). The van der Waals surface area contributed by atoms with Crippen LogP contribution in [-0.4, -0.2) is 38.7 Å². The van der Waals surface area contributed by atoms with Crippen molar-refractivity contribution in [2.75, 3.05) is 17.7 Å². The number of methoxy groups -OCH3 is 1. The highest BCUT2D eigenvalue weighted by Crippen LogP contribution is 2.35. The number of anilines is 1. The molecule has 0 aliphatic carbocycles. The lowest BCUT2D eigenvalue weighted by Gasteiger charge is -2.31. The first kappa shape index (κ1) is 23.1. The molecule has 30 heavy (non-hydrogen) atoms. The standard InChI is InChI=1S/C20H25N3O6S/c1-5-17(20(24)21-14(2)15-9-7-6-8-10-15)22(30(4,27)28)18-13-16(23(25)26)11-12-19(18)29-3/h6-14,17H,5H2,1-4H3,(H,21,24)/t14-,17+/m0/s1. The monoisotopic (exact) mass is 435 g/mol. The number of non-ortho nitro benzene ring substituents is 1. The van der Waals surface area contributed by atoms with Crippen molar-refractivity contribution in [1.82, 2.24) is 5.32 Å². The van der Waals surface area contributed by atoms with Crippen molar-refractivity contribution >= 4 is 27.3 Å². The summed E-state index contributed by atoms with van der Waals surface area (Å²) in [7, 11) is -2.66. The Morgan fingerprint density at radius 3 is 2.37 bits per heavy atom. The highest BCUT2D eigenvalue weighted by atomic mass is 32.2. The number of nitro groups is 1. The van der Waals surface area contributed by atoms with Crippen LogP contribution in [0.25, 0.3) is 0 Å². The Labute approximate surface area is 175 Å². The van der Waals surface area contributed by atoms with Gasteiger partial charge in [0, 0.05) is 12.1 Å². The van der Waals surface area contributed by atoms with Gasteiger partial charge >= 0.3 is 0 Å². The van der Waals surface area contributed by atoms with Gasteiger partial charge in [-0.3, -0.25) is 19.2 Å². The summed E-state index contributed by atoms with van der Waals surface area (Å²) >= 11 is 0. The summed E-state index contributed by atoms with van der Waals surface area (Å²) < 4.78 is 31.4. The van der Waals surface area contributed by atoms with Gasteiger partial charge in [-0.05, 0) is 25.0 Å². The van der Waals surface area contributed by atoms with Crippen molar-refractivity contribution in [1.29, 1.82) is 0 Å². The molecule has 0 spiro atoms. The summed E-state index contributed by atoms with van der Waals surface area (Å²) in [5.74, 6) is -0.416. The minimum absolute atomic E-state index is 0.0661. The van der Waals surface area contributed by atoms with Crippen LogP contribution in [-0.2, 0) is 14.8 Å². The van der Waals surface area contributed by atoms with Crippen molar-refractivity contribution in [3.63, 3.8) is 0 Å². The molecule has 162 valence electrons. The van der Waals surface area contributed by atoms with Gasteiger partial charge in [0.1, 0.15) is 17.5 Å². The predicted octanol–water partition coefficient (Wildman–Crippen LogP) is 3.03. The maximum Gasteiger partial charge on any atom is 0.271 e. The smallest absolute Gasteiger partial charge is 0.271 e. The van der Waals surface area contributed by atoms with E-state index in [-0.39, 0.29) is 29.6 Å². The molecule has 1 N–H and O–H groups in total. The molecule has 0 bridgehead atoms. The molecule has 0 fully saturated rings. The highest BCUT2D eigenvalue weighted by molar-refractivity contribution is 7.92. The van der Waals surface area contributed by atoms with Gasteiger partial charge in [-0.25, -0.2) is 8.42 Å². The molecular formula is C20H25N3O6S. The van der Waals surface area contributed by atoms with E-state index in [1.807, 2.05) is 30.3 Å². The average molecular weight is 436 g/mol. The average Bonchev–Trinajstić information content (AvgIpc) is 2.70. The van der Waals surface area contributed by atoms with Crippen molar-refractivity contribution in [2.45, 2.75) is 32.4 Å². The van der Waals surface area contributed by atoms with Crippen LogP contribution in [0.5, 0.6) is 5.75 Å². The SMILES string of the molecule is CC[C@H](C(=O)N[C@@H](C)c1ccccc1)N(c1cc([N+](=O)[O-])ccc1OC)S(C)(=O)=O. The zero-order valence-corrected chi connectivity index (χ0v) is 18.0. The van der Waals surface area contributed by atoms with E-state index in [0.717, 1.165) is 22.2 Å². The van der Waals surface area contributed by atoms with E-state index >= 15 is 0 Å². The predicted molar refractivity (Wildman–Crippen MR) is 114 cm³/mol. The van der Waals surface area contributed by atoms with Crippen LogP contribution >= 0.6 is 0 Å². The van der Waals surface area contributed by atoms with E-state index in [4.69, 9.17) is 4.74 Å². The first-order valence-electron chi connectivity index (χ1n) is 9.27. The lowest BCUT2D eigenvalue weighted by molar-refractivity contribution is -0.384. The first-order valence-corrected chi connectivity index (χ1v) is 11.1. The number of benzene rings is 2. The van der Waals surface area contributed by atoms with Gasteiger partial charge in [0.15, 0.2) is 0 Å². The van der Waals surface area contributed by atoms with Gasteiger partial charge in [-0.1, -0.05) is 37.3 Å². The number of rotatable bonds is 9. The summed E-state index contributed by atoms with van der Waals surface area (Å²) in [5, 5.41) is 14.0. The number of carbonyl (C=O) groups is 1. The molecule has 0 radical (unpaired) electrons.